The second kappa shape index (κ2) is 4.77. The molecule has 0 aliphatic carbocycles. The van der Waals surface area contributed by atoms with Crippen molar-refractivity contribution in [1.82, 2.24) is 0 Å². The van der Waals surface area contributed by atoms with Crippen LogP contribution in [0.4, 0.5) is 0 Å². The summed E-state index contributed by atoms with van der Waals surface area (Å²) < 4.78 is 6.13. The molecule has 1 rings (SSSR count). The summed E-state index contributed by atoms with van der Waals surface area (Å²) >= 11 is 0. The Balaban J connectivity index is 2.81. The van der Waals surface area contributed by atoms with E-state index in [9.17, 15) is 4.79 Å². The van der Waals surface area contributed by atoms with Gasteiger partial charge in [-0.05, 0) is 12.5 Å². The lowest BCUT2D eigenvalue weighted by Gasteiger charge is -2.03. The van der Waals surface area contributed by atoms with Crippen molar-refractivity contribution in [3.05, 3.63) is 29.1 Å². The maximum Gasteiger partial charge on any atom is 0.351 e. The highest BCUT2D eigenvalue weighted by atomic mass is 16.7. The first-order valence-corrected chi connectivity index (χ1v) is 4.74. The largest absolute Gasteiger partial charge is 0.466 e. The fourth-order valence-corrected chi connectivity index (χ4v) is 1.48. The second-order valence-corrected chi connectivity index (χ2v) is 3.46. The smallest absolute Gasteiger partial charge is 0.351 e. The van der Waals surface area contributed by atoms with E-state index in [4.69, 9.17) is 4.84 Å². The van der Waals surface area contributed by atoms with Crippen molar-refractivity contribution in [2.45, 2.75) is 20.8 Å². The molecule has 4 nitrogen and oxygen atoms in total. The van der Waals surface area contributed by atoms with Gasteiger partial charge in [0, 0.05) is 30.7 Å². The summed E-state index contributed by atoms with van der Waals surface area (Å²) in [6.07, 6.45) is 0. The molecule has 4 heteroatoms. The maximum atomic E-state index is 10.9. The van der Waals surface area contributed by atoms with E-state index >= 15 is 0 Å². The average Bonchev–Trinajstić information content (AvgIpc) is 2.15. The van der Waals surface area contributed by atoms with Crippen molar-refractivity contribution in [2.24, 2.45) is 0 Å². The number of aromatic nitrogens is 1. The Kier molecular flexibility index (Phi) is 3.66. The molecule has 0 N–H and O–H groups in total. The SMILES string of the molecule is COC(=O)CO[n+]1c(C)cc(C)cc1C. The van der Waals surface area contributed by atoms with Gasteiger partial charge in [-0.1, -0.05) is 0 Å². The summed E-state index contributed by atoms with van der Waals surface area (Å²) in [5, 5.41) is 0. The van der Waals surface area contributed by atoms with Gasteiger partial charge in [0.25, 0.3) is 6.61 Å². The molecule has 0 aliphatic rings. The van der Waals surface area contributed by atoms with Gasteiger partial charge in [0.15, 0.2) is 0 Å². The molecule has 1 aromatic rings. The zero-order chi connectivity index (χ0) is 11.4. The Hall–Kier alpha value is -1.58. The van der Waals surface area contributed by atoms with Gasteiger partial charge < -0.3 is 4.74 Å². The number of pyridine rings is 1. The third-order valence-electron chi connectivity index (χ3n) is 2.05. The van der Waals surface area contributed by atoms with E-state index in [1.807, 2.05) is 32.9 Å². The number of aryl methyl sites for hydroxylation is 3. The van der Waals surface area contributed by atoms with Gasteiger partial charge >= 0.3 is 5.97 Å². The first-order chi connectivity index (χ1) is 7.04. The first kappa shape index (κ1) is 11.5. The minimum Gasteiger partial charge on any atom is -0.466 e. The van der Waals surface area contributed by atoms with Gasteiger partial charge in [0.2, 0.25) is 11.4 Å². The van der Waals surface area contributed by atoms with Crippen molar-refractivity contribution in [3.63, 3.8) is 0 Å². The zero-order valence-corrected chi connectivity index (χ0v) is 9.53. The van der Waals surface area contributed by atoms with Crippen LogP contribution in [0.5, 0.6) is 0 Å². The summed E-state index contributed by atoms with van der Waals surface area (Å²) in [6.45, 7) is 5.80. The number of hydrogen-bond acceptors (Lipinski definition) is 3. The normalized spacial score (nSPS) is 9.87. The van der Waals surface area contributed by atoms with Crippen LogP contribution < -0.4 is 9.57 Å². The molecule has 0 spiro atoms. The summed E-state index contributed by atoms with van der Waals surface area (Å²) in [5.41, 5.74) is 3.08. The van der Waals surface area contributed by atoms with Gasteiger partial charge in [-0.25, -0.2) is 4.79 Å². The second-order valence-electron chi connectivity index (χ2n) is 3.46. The topological polar surface area (TPSA) is 39.4 Å². The lowest BCUT2D eigenvalue weighted by molar-refractivity contribution is -0.897. The lowest BCUT2D eigenvalue weighted by Crippen LogP contribution is -2.50. The molecule has 1 aromatic heterocycles. The van der Waals surface area contributed by atoms with E-state index < -0.39 is 0 Å². The number of esters is 1. The molecule has 0 saturated heterocycles. The third kappa shape index (κ3) is 2.94. The van der Waals surface area contributed by atoms with Crippen LogP contribution in [0, 0.1) is 20.8 Å². The van der Waals surface area contributed by atoms with Crippen LogP contribution in [0.3, 0.4) is 0 Å². The van der Waals surface area contributed by atoms with Crippen LogP contribution in [0.25, 0.3) is 0 Å². The van der Waals surface area contributed by atoms with Crippen molar-refractivity contribution >= 4 is 5.97 Å². The van der Waals surface area contributed by atoms with Crippen LogP contribution >= 0.6 is 0 Å². The summed E-state index contributed by atoms with van der Waals surface area (Å²) in [7, 11) is 1.34. The molecular weight excluding hydrogens is 194 g/mol. The Bertz CT molecular complexity index is 351. The lowest BCUT2D eigenvalue weighted by atomic mass is 10.2. The van der Waals surface area contributed by atoms with Gasteiger partial charge in [0.1, 0.15) is 0 Å². The van der Waals surface area contributed by atoms with Gasteiger partial charge in [0.05, 0.1) is 7.11 Å². The van der Waals surface area contributed by atoms with Crippen LogP contribution in [-0.4, -0.2) is 19.7 Å². The molecule has 0 atom stereocenters. The molecule has 0 aromatic carbocycles. The molecule has 0 unspecified atom stereocenters. The predicted molar refractivity (Wildman–Crippen MR) is 54.3 cm³/mol. The standard InChI is InChI=1S/C11H16NO3/c1-8-5-9(2)12(10(3)6-8)15-7-11(13)14-4/h5-6H,7H2,1-4H3/q+1. The Morgan fingerprint density at radius 2 is 1.80 bits per heavy atom. The van der Waals surface area contributed by atoms with Crippen LogP contribution in [0.15, 0.2) is 12.1 Å². The maximum absolute atomic E-state index is 10.9. The number of hydrogen-bond donors (Lipinski definition) is 0. The van der Waals surface area contributed by atoms with Gasteiger partial charge in [-0.3, -0.25) is 4.84 Å². The van der Waals surface area contributed by atoms with Gasteiger partial charge in [-0.15, -0.1) is 0 Å². The minimum absolute atomic E-state index is 0.0775. The quantitative estimate of drug-likeness (QED) is 0.539. The fraction of sp³-hybridized carbons (Fsp3) is 0.455. The zero-order valence-electron chi connectivity index (χ0n) is 9.53. The molecule has 0 aliphatic heterocycles. The van der Waals surface area contributed by atoms with Crippen molar-refractivity contribution < 1.29 is 19.1 Å². The minimum atomic E-state index is -0.387. The monoisotopic (exact) mass is 210 g/mol. The number of methoxy groups -OCH3 is 1. The Morgan fingerprint density at radius 3 is 2.27 bits per heavy atom. The van der Waals surface area contributed by atoms with E-state index in [1.165, 1.54) is 12.7 Å². The van der Waals surface area contributed by atoms with Crippen molar-refractivity contribution in [2.75, 3.05) is 13.7 Å². The predicted octanol–water partition coefficient (Wildman–Crippen LogP) is 0.501. The molecule has 0 bridgehead atoms. The molecule has 0 saturated carbocycles. The highest BCUT2D eigenvalue weighted by Crippen LogP contribution is 2.00. The molecule has 15 heavy (non-hydrogen) atoms. The van der Waals surface area contributed by atoms with E-state index in [1.54, 1.807) is 4.73 Å². The molecule has 0 fully saturated rings. The Labute approximate surface area is 89.4 Å². The fourth-order valence-electron chi connectivity index (χ4n) is 1.48. The van der Waals surface area contributed by atoms with E-state index in [2.05, 4.69) is 4.74 Å². The van der Waals surface area contributed by atoms with Crippen LogP contribution in [0.1, 0.15) is 17.0 Å². The highest BCUT2D eigenvalue weighted by molar-refractivity contribution is 5.70. The number of ether oxygens (including phenoxy) is 1. The number of rotatable bonds is 3. The summed E-state index contributed by atoms with van der Waals surface area (Å²) in [6, 6.07) is 3.98. The first-order valence-electron chi connectivity index (χ1n) is 4.74. The molecular formula is C11H16NO3+. The summed E-state index contributed by atoms with van der Waals surface area (Å²) in [4.78, 5) is 16.2. The molecule has 1 heterocycles. The third-order valence-corrected chi connectivity index (χ3v) is 2.05. The number of carbonyl (C=O) groups is 1. The van der Waals surface area contributed by atoms with Crippen LogP contribution in [-0.2, 0) is 9.53 Å². The van der Waals surface area contributed by atoms with Gasteiger partial charge in [-0.2, -0.15) is 0 Å². The summed E-state index contributed by atoms with van der Waals surface area (Å²) in [5.74, 6) is -0.387. The molecule has 82 valence electrons. The van der Waals surface area contributed by atoms with E-state index in [0.717, 1.165) is 11.4 Å². The van der Waals surface area contributed by atoms with E-state index in [-0.39, 0.29) is 12.6 Å². The van der Waals surface area contributed by atoms with Crippen molar-refractivity contribution in [3.8, 4) is 0 Å². The van der Waals surface area contributed by atoms with Crippen LogP contribution in [0.2, 0.25) is 0 Å². The number of nitrogens with zero attached hydrogens (tertiary/aromatic N) is 1. The van der Waals surface area contributed by atoms with Crippen molar-refractivity contribution in [1.29, 1.82) is 0 Å². The highest BCUT2D eigenvalue weighted by Gasteiger charge is 2.15. The Morgan fingerprint density at radius 1 is 1.27 bits per heavy atom. The molecule has 0 radical (unpaired) electrons. The number of carbonyl (C=O) groups excluding carboxylic acids is 1. The average molecular weight is 210 g/mol. The molecule has 0 amide bonds. The van der Waals surface area contributed by atoms with E-state index in [0.29, 0.717) is 0 Å².